The second-order valence-corrected chi connectivity index (χ2v) is 7.24. The fourth-order valence-electron chi connectivity index (χ4n) is 3.90. The van der Waals surface area contributed by atoms with E-state index in [1.807, 2.05) is 30.3 Å². The molecule has 2 aliphatic rings. The number of hydrogen-bond donors (Lipinski definition) is 0. The largest absolute Gasteiger partial charge is 0.464 e. The van der Waals surface area contributed by atoms with Crippen molar-refractivity contribution in [3.05, 3.63) is 24.6 Å². The van der Waals surface area contributed by atoms with Gasteiger partial charge in [-0.25, -0.2) is 4.98 Å². The Kier molecular flexibility index (Phi) is 4.17. The first-order valence-electron chi connectivity index (χ1n) is 9.04. The summed E-state index contributed by atoms with van der Waals surface area (Å²) in [6, 6.07) is 3.90. The highest BCUT2D eigenvalue weighted by Gasteiger charge is 2.30. The molecule has 1 saturated heterocycles. The Morgan fingerprint density at radius 3 is 2.79 bits per heavy atom. The molecule has 3 heterocycles. The molecule has 0 bridgehead atoms. The van der Waals surface area contributed by atoms with Gasteiger partial charge < -0.3 is 14.2 Å². The number of amides is 1. The molecule has 5 nitrogen and oxygen atoms in total. The van der Waals surface area contributed by atoms with Gasteiger partial charge in [-0.3, -0.25) is 4.79 Å². The minimum atomic E-state index is 0.304. The van der Waals surface area contributed by atoms with Crippen molar-refractivity contribution in [1.82, 2.24) is 9.88 Å². The number of piperidine rings is 1. The van der Waals surface area contributed by atoms with E-state index in [4.69, 9.17) is 4.42 Å². The number of anilines is 1. The van der Waals surface area contributed by atoms with Crippen LogP contribution in [0.25, 0.3) is 11.0 Å². The second kappa shape index (κ2) is 6.46. The summed E-state index contributed by atoms with van der Waals surface area (Å²) >= 11 is 0. The molecule has 0 spiro atoms. The van der Waals surface area contributed by atoms with Crippen LogP contribution in [0.5, 0.6) is 0 Å². The molecular weight excluding hydrogens is 302 g/mol. The van der Waals surface area contributed by atoms with Crippen LogP contribution < -0.4 is 4.90 Å². The summed E-state index contributed by atoms with van der Waals surface area (Å²) in [6.45, 7) is 2.88. The van der Waals surface area contributed by atoms with Gasteiger partial charge in [0.1, 0.15) is 11.4 Å². The van der Waals surface area contributed by atoms with Crippen molar-refractivity contribution < 1.29 is 9.21 Å². The normalized spacial score (nSPS) is 19.5. The van der Waals surface area contributed by atoms with E-state index >= 15 is 0 Å². The average Bonchev–Trinajstić information content (AvgIpc) is 3.02. The van der Waals surface area contributed by atoms with Gasteiger partial charge in [0.15, 0.2) is 0 Å². The van der Waals surface area contributed by atoms with Crippen LogP contribution in [0.1, 0.15) is 32.1 Å². The zero-order valence-corrected chi connectivity index (χ0v) is 14.3. The third-order valence-corrected chi connectivity index (χ3v) is 5.64. The van der Waals surface area contributed by atoms with Gasteiger partial charge in [-0.2, -0.15) is 0 Å². The number of rotatable bonds is 4. The number of pyridine rings is 1. The fraction of sp³-hybridized carbons (Fsp3) is 0.579. The highest BCUT2D eigenvalue weighted by atomic mass is 16.3. The summed E-state index contributed by atoms with van der Waals surface area (Å²) in [5, 5.41) is 1.09. The number of hydrogen-bond acceptors (Lipinski definition) is 4. The minimum absolute atomic E-state index is 0.304. The zero-order valence-electron chi connectivity index (χ0n) is 14.3. The summed E-state index contributed by atoms with van der Waals surface area (Å²) in [5.74, 6) is 2.28. The molecule has 1 amide bonds. The number of furan rings is 1. The summed E-state index contributed by atoms with van der Waals surface area (Å²) in [5.41, 5.74) is 0.896. The summed E-state index contributed by atoms with van der Waals surface area (Å²) in [4.78, 5) is 21.2. The molecule has 2 aromatic rings. The predicted octanol–water partition coefficient (Wildman–Crippen LogP) is 3.30. The molecule has 4 rings (SSSR count). The minimum Gasteiger partial charge on any atom is -0.464 e. The van der Waals surface area contributed by atoms with E-state index in [0.717, 1.165) is 62.1 Å². The highest BCUT2D eigenvalue weighted by Crippen LogP contribution is 2.31. The van der Waals surface area contributed by atoms with Gasteiger partial charge in [-0.15, -0.1) is 0 Å². The quantitative estimate of drug-likeness (QED) is 0.864. The Balaban J connectivity index is 1.35. The smallest absolute Gasteiger partial charge is 0.225 e. The first-order valence-corrected chi connectivity index (χ1v) is 9.04. The number of carbonyl (C=O) groups is 1. The topological polar surface area (TPSA) is 49.6 Å². The summed E-state index contributed by atoms with van der Waals surface area (Å²) in [6.07, 6.45) is 9.15. The Hall–Kier alpha value is -2.04. The van der Waals surface area contributed by atoms with E-state index < -0.39 is 0 Å². The maximum Gasteiger partial charge on any atom is 0.225 e. The molecular formula is C19H25N3O2. The Bertz CT molecular complexity index is 714. The van der Waals surface area contributed by atoms with Crippen molar-refractivity contribution in [2.45, 2.75) is 32.1 Å². The van der Waals surface area contributed by atoms with Crippen molar-refractivity contribution in [3.63, 3.8) is 0 Å². The molecule has 0 N–H and O–H groups in total. The molecule has 1 aliphatic heterocycles. The van der Waals surface area contributed by atoms with Gasteiger partial charge in [0.2, 0.25) is 5.91 Å². The monoisotopic (exact) mass is 327 g/mol. The van der Waals surface area contributed by atoms with E-state index in [2.05, 4.69) is 9.88 Å². The van der Waals surface area contributed by atoms with Crippen LogP contribution in [0, 0.1) is 11.8 Å². The number of fused-ring (bicyclic) bond motifs is 1. The first-order chi connectivity index (χ1) is 11.7. The number of nitrogens with zero attached hydrogens (tertiary/aromatic N) is 3. The van der Waals surface area contributed by atoms with Gasteiger partial charge in [0, 0.05) is 38.8 Å². The molecule has 0 atom stereocenters. The van der Waals surface area contributed by atoms with Crippen LogP contribution in [0.2, 0.25) is 0 Å². The third kappa shape index (κ3) is 2.87. The average molecular weight is 327 g/mol. The number of aromatic nitrogens is 1. The van der Waals surface area contributed by atoms with Crippen molar-refractivity contribution in [2.75, 3.05) is 31.6 Å². The highest BCUT2D eigenvalue weighted by molar-refractivity contribution is 5.88. The van der Waals surface area contributed by atoms with E-state index in [0.29, 0.717) is 17.7 Å². The molecule has 1 saturated carbocycles. The van der Waals surface area contributed by atoms with Crippen molar-refractivity contribution in [2.24, 2.45) is 11.8 Å². The second-order valence-electron chi connectivity index (χ2n) is 7.24. The van der Waals surface area contributed by atoms with Gasteiger partial charge in [-0.05, 0) is 43.7 Å². The zero-order chi connectivity index (χ0) is 16.5. The third-order valence-electron chi connectivity index (χ3n) is 5.64. The van der Waals surface area contributed by atoms with Crippen LogP contribution in [0.4, 0.5) is 5.82 Å². The molecule has 0 radical (unpaired) electrons. The summed E-state index contributed by atoms with van der Waals surface area (Å²) < 4.78 is 5.48. The molecule has 0 unspecified atom stereocenters. The van der Waals surface area contributed by atoms with Crippen LogP contribution in [0.3, 0.4) is 0 Å². The van der Waals surface area contributed by atoms with Crippen LogP contribution in [0.15, 0.2) is 29.0 Å². The Morgan fingerprint density at radius 1 is 1.29 bits per heavy atom. The molecule has 0 aromatic carbocycles. The van der Waals surface area contributed by atoms with Crippen molar-refractivity contribution in [1.29, 1.82) is 0 Å². The molecule has 128 valence electrons. The van der Waals surface area contributed by atoms with Crippen LogP contribution in [-0.4, -0.2) is 42.5 Å². The molecule has 24 heavy (non-hydrogen) atoms. The van der Waals surface area contributed by atoms with Gasteiger partial charge >= 0.3 is 0 Å². The fourth-order valence-corrected chi connectivity index (χ4v) is 3.90. The van der Waals surface area contributed by atoms with E-state index in [-0.39, 0.29) is 0 Å². The van der Waals surface area contributed by atoms with Crippen molar-refractivity contribution >= 4 is 22.7 Å². The van der Waals surface area contributed by atoms with Crippen LogP contribution in [-0.2, 0) is 4.79 Å². The van der Waals surface area contributed by atoms with E-state index in [1.165, 1.54) is 6.42 Å². The van der Waals surface area contributed by atoms with Gasteiger partial charge in [0.25, 0.3) is 0 Å². The van der Waals surface area contributed by atoms with Crippen LogP contribution >= 0.6 is 0 Å². The van der Waals surface area contributed by atoms with Crippen molar-refractivity contribution in [3.8, 4) is 0 Å². The molecule has 5 heteroatoms. The van der Waals surface area contributed by atoms with Gasteiger partial charge in [-0.1, -0.05) is 6.42 Å². The van der Waals surface area contributed by atoms with E-state index in [9.17, 15) is 4.79 Å². The SMILES string of the molecule is CN(CC1CCN(c2nccc3occc23)CC1)C(=O)C1CCC1. The Labute approximate surface area is 142 Å². The lowest BCUT2D eigenvalue weighted by Crippen LogP contribution is -2.42. The maximum atomic E-state index is 12.3. The lowest BCUT2D eigenvalue weighted by atomic mass is 9.84. The molecule has 2 aromatic heterocycles. The first kappa shape index (κ1) is 15.5. The number of carbonyl (C=O) groups excluding carboxylic acids is 1. The Morgan fingerprint density at radius 2 is 2.08 bits per heavy atom. The summed E-state index contributed by atoms with van der Waals surface area (Å²) in [7, 11) is 1.97. The molecule has 2 fully saturated rings. The lowest BCUT2D eigenvalue weighted by molar-refractivity contribution is -0.137. The van der Waals surface area contributed by atoms with E-state index in [1.54, 1.807) is 6.26 Å². The lowest BCUT2D eigenvalue weighted by Gasteiger charge is -2.36. The predicted molar refractivity (Wildman–Crippen MR) is 93.9 cm³/mol. The van der Waals surface area contributed by atoms with Gasteiger partial charge in [0.05, 0.1) is 11.6 Å². The standard InChI is InChI=1S/C19H25N3O2/c1-21(19(23)15-3-2-4-15)13-14-6-10-22(11-7-14)18-16-8-12-24-17(16)5-9-20-18/h5,8-9,12,14-15H,2-4,6-7,10-11,13H2,1H3. The molecule has 1 aliphatic carbocycles. The maximum absolute atomic E-state index is 12.3.